The highest BCUT2D eigenvalue weighted by Gasteiger charge is 2.11. The normalized spacial score (nSPS) is 10.8. The standard InChI is InChI=1S/C16H12Cl2N2/c1-19-15-9-10-8-11(17)6-7-14(10)20-16(15)12-4-2-3-5-13(12)18/h2-9,19H,1H3. The Morgan fingerprint density at radius 2 is 1.80 bits per heavy atom. The molecule has 0 unspecified atom stereocenters. The van der Waals surface area contributed by atoms with E-state index >= 15 is 0 Å². The van der Waals surface area contributed by atoms with E-state index in [-0.39, 0.29) is 0 Å². The molecule has 3 rings (SSSR count). The first-order valence-electron chi connectivity index (χ1n) is 6.22. The minimum atomic E-state index is 0.685. The van der Waals surface area contributed by atoms with Crippen molar-refractivity contribution in [2.45, 2.75) is 0 Å². The van der Waals surface area contributed by atoms with E-state index in [1.54, 1.807) is 0 Å². The second-order valence-corrected chi connectivity index (χ2v) is 5.30. The van der Waals surface area contributed by atoms with E-state index in [0.717, 1.165) is 27.8 Å². The molecule has 1 heterocycles. The third kappa shape index (κ3) is 2.33. The zero-order chi connectivity index (χ0) is 14.1. The Balaban J connectivity index is 2.30. The van der Waals surface area contributed by atoms with Gasteiger partial charge in [0.15, 0.2) is 0 Å². The first-order valence-corrected chi connectivity index (χ1v) is 6.97. The number of benzene rings is 2. The van der Waals surface area contributed by atoms with Gasteiger partial charge in [0.1, 0.15) is 0 Å². The number of aromatic nitrogens is 1. The molecule has 2 aromatic carbocycles. The molecule has 3 aromatic rings. The molecule has 0 spiro atoms. The number of nitrogens with one attached hydrogen (secondary N) is 1. The van der Waals surface area contributed by atoms with Gasteiger partial charge in [0.2, 0.25) is 0 Å². The minimum absolute atomic E-state index is 0.685. The van der Waals surface area contributed by atoms with Gasteiger partial charge in [-0.2, -0.15) is 0 Å². The smallest absolute Gasteiger partial charge is 0.0955 e. The summed E-state index contributed by atoms with van der Waals surface area (Å²) in [7, 11) is 1.87. The van der Waals surface area contributed by atoms with Crippen molar-refractivity contribution in [2.24, 2.45) is 0 Å². The van der Waals surface area contributed by atoms with E-state index in [0.29, 0.717) is 10.0 Å². The van der Waals surface area contributed by atoms with Crippen molar-refractivity contribution < 1.29 is 0 Å². The molecule has 0 aliphatic heterocycles. The minimum Gasteiger partial charge on any atom is -0.386 e. The summed E-state index contributed by atoms with van der Waals surface area (Å²) >= 11 is 12.3. The van der Waals surface area contributed by atoms with E-state index in [4.69, 9.17) is 28.2 Å². The molecule has 0 saturated carbocycles. The molecular weight excluding hydrogens is 291 g/mol. The lowest BCUT2D eigenvalue weighted by Gasteiger charge is -2.11. The molecular formula is C16H12Cl2N2. The van der Waals surface area contributed by atoms with E-state index in [9.17, 15) is 0 Å². The summed E-state index contributed by atoms with van der Waals surface area (Å²) < 4.78 is 0. The van der Waals surface area contributed by atoms with Crippen LogP contribution in [0.1, 0.15) is 0 Å². The maximum absolute atomic E-state index is 6.28. The number of fused-ring (bicyclic) bond motifs is 1. The van der Waals surface area contributed by atoms with E-state index < -0.39 is 0 Å². The van der Waals surface area contributed by atoms with Gasteiger partial charge in [0.25, 0.3) is 0 Å². The second kappa shape index (κ2) is 5.31. The molecule has 0 aliphatic carbocycles. The highest BCUT2D eigenvalue weighted by molar-refractivity contribution is 6.33. The summed E-state index contributed by atoms with van der Waals surface area (Å²) in [4.78, 5) is 4.71. The Bertz CT molecular complexity index is 785. The third-order valence-electron chi connectivity index (χ3n) is 3.18. The Morgan fingerprint density at radius 1 is 1.00 bits per heavy atom. The van der Waals surface area contributed by atoms with Gasteiger partial charge in [0, 0.05) is 23.0 Å². The van der Waals surface area contributed by atoms with E-state index in [1.165, 1.54) is 0 Å². The fourth-order valence-corrected chi connectivity index (χ4v) is 2.60. The van der Waals surface area contributed by atoms with Crippen molar-refractivity contribution in [3.05, 3.63) is 58.6 Å². The third-order valence-corrected chi connectivity index (χ3v) is 3.74. The van der Waals surface area contributed by atoms with Crippen molar-refractivity contribution in [1.82, 2.24) is 4.98 Å². The van der Waals surface area contributed by atoms with Crippen LogP contribution >= 0.6 is 23.2 Å². The Morgan fingerprint density at radius 3 is 2.55 bits per heavy atom. The van der Waals surface area contributed by atoms with Gasteiger partial charge in [-0.25, -0.2) is 4.98 Å². The van der Waals surface area contributed by atoms with Crippen LogP contribution in [0.25, 0.3) is 22.2 Å². The summed E-state index contributed by atoms with van der Waals surface area (Å²) in [6.07, 6.45) is 0. The zero-order valence-corrected chi connectivity index (χ0v) is 12.3. The van der Waals surface area contributed by atoms with Crippen molar-refractivity contribution in [3.8, 4) is 11.3 Å². The van der Waals surface area contributed by atoms with Crippen LogP contribution in [0.5, 0.6) is 0 Å². The van der Waals surface area contributed by atoms with E-state index in [1.807, 2.05) is 55.6 Å². The Kier molecular flexibility index (Phi) is 3.51. The molecule has 0 fully saturated rings. The fourth-order valence-electron chi connectivity index (χ4n) is 2.20. The van der Waals surface area contributed by atoms with Gasteiger partial charge in [0.05, 0.1) is 21.9 Å². The van der Waals surface area contributed by atoms with Crippen LogP contribution in [0.4, 0.5) is 5.69 Å². The number of hydrogen-bond acceptors (Lipinski definition) is 2. The van der Waals surface area contributed by atoms with Crippen LogP contribution in [0.15, 0.2) is 48.5 Å². The molecule has 2 nitrogen and oxygen atoms in total. The monoisotopic (exact) mass is 302 g/mol. The number of rotatable bonds is 2. The average Bonchev–Trinajstić information content (AvgIpc) is 2.46. The lowest BCUT2D eigenvalue weighted by Crippen LogP contribution is -1.96. The van der Waals surface area contributed by atoms with Crippen molar-refractivity contribution in [1.29, 1.82) is 0 Å². The van der Waals surface area contributed by atoms with Crippen molar-refractivity contribution in [3.63, 3.8) is 0 Å². The molecule has 0 radical (unpaired) electrons. The van der Waals surface area contributed by atoms with Crippen molar-refractivity contribution >= 4 is 39.8 Å². The predicted octanol–water partition coefficient (Wildman–Crippen LogP) is 5.25. The highest BCUT2D eigenvalue weighted by atomic mass is 35.5. The summed E-state index contributed by atoms with van der Waals surface area (Å²) in [6.45, 7) is 0. The zero-order valence-electron chi connectivity index (χ0n) is 10.8. The van der Waals surface area contributed by atoms with Crippen molar-refractivity contribution in [2.75, 3.05) is 12.4 Å². The van der Waals surface area contributed by atoms with Crippen LogP contribution in [-0.4, -0.2) is 12.0 Å². The predicted molar refractivity (Wildman–Crippen MR) is 86.7 cm³/mol. The van der Waals surface area contributed by atoms with Crippen LogP contribution in [0, 0.1) is 0 Å². The first kappa shape index (κ1) is 13.2. The van der Waals surface area contributed by atoms with Crippen LogP contribution < -0.4 is 5.32 Å². The number of anilines is 1. The van der Waals surface area contributed by atoms with Gasteiger partial charge in [-0.3, -0.25) is 0 Å². The fraction of sp³-hybridized carbons (Fsp3) is 0.0625. The molecule has 1 N–H and O–H groups in total. The molecule has 0 atom stereocenters. The lowest BCUT2D eigenvalue weighted by atomic mass is 10.1. The number of halogens is 2. The molecule has 0 aliphatic rings. The maximum Gasteiger partial charge on any atom is 0.0955 e. The molecule has 0 saturated heterocycles. The largest absolute Gasteiger partial charge is 0.386 e. The Labute approximate surface area is 127 Å². The molecule has 100 valence electrons. The van der Waals surface area contributed by atoms with Gasteiger partial charge in [-0.1, -0.05) is 41.4 Å². The first-order chi connectivity index (χ1) is 9.69. The van der Waals surface area contributed by atoms with Crippen LogP contribution in [-0.2, 0) is 0 Å². The summed E-state index contributed by atoms with van der Waals surface area (Å²) in [5.74, 6) is 0. The quantitative estimate of drug-likeness (QED) is 0.699. The van der Waals surface area contributed by atoms with Crippen LogP contribution in [0.2, 0.25) is 10.0 Å². The number of pyridine rings is 1. The van der Waals surface area contributed by atoms with Gasteiger partial charge >= 0.3 is 0 Å². The average molecular weight is 303 g/mol. The molecule has 20 heavy (non-hydrogen) atoms. The molecule has 0 bridgehead atoms. The van der Waals surface area contributed by atoms with Gasteiger partial charge < -0.3 is 5.32 Å². The number of hydrogen-bond donors (Lipinski definition) is 1. The summed E-state index contributed by atoms with van der Waals surface area (Å²) in [6, 6.07) is 15.4. The molecule has 1 aromatic heterocycles. The molecule has 4 heteroatoms. The summed E-state index contributed by atoms with van der Waals surface area (Å²) in [5.41, 5.74) is 3.57. The van der Waals surface area contributed by atoms with Crippen LogP contribution in [0.3, 0.4) is 0 Å². The summed E-state index contributed by atoms with van der Waals surface area (Å²) in [5, 5.41) is 5.55. The highest BCUT2D eigenvalue weighted by Crippen LogP contribution is 2.34. The lowest BCUT2D eigenvalue weighted by molar-refractivity contribution is 1.37. The number of nitrogens with zero attached hydrogens (tertiary/aromatic N) is 1. The molecule has 0 amide bonds. The van der Waals surface area contributed by atoms with Gasteiger partial charge in [-0.15, -0.1) is 0 Å². The van der Waals surface area contributed by atoms with Gasteiger partial charge in [-0.05, 0) is 30.3 Å². The topological polar surface area (TPSA) is 24.9 Å². The maximum atomic E-state index is 6.28. The van der Waals surface area contributed by atoms with E-state index in [2.05, 4.69) is 5.32 Å². The SMILES string of the molecule is CNc1cc2cc(Cl)ccc2nc1-c1ccccc1Cl. The Hall–Kier alpha value is -1.77. The second-order valence-electron chi connectivity index (χ2n) is 4.45.